The molecule has 0 spiro atoms. The number of nitrogens with one attached hydrogen (secondary N) is 1. The van der Waals surface area contributed by atoms with Gasteiger partial charge in [-0.05, 0) is 32.4 Å². The van der Waals surface area contributed by atoms with Crippen LogP contribution in [0.4, 0.5) is 23.2 Å². The zero-order valence-electron chi connectivity index (χ0n) is 12.1. The zero-order chi connectivity index (χ0) is 17.0. The highest BCUT2D eigenvalue weighted by atomic mass is 32.2. The summed E-state index contributed by atoms with van der Waals surface area (Å²) >= 11 is 0. The van der Waals surface area contributed by atoms with Crippen molar-refractivity contribution in [1.29, 1.82) is 0 Å². The van der Waals surface area contributed by atoms with Crippen LogP contribution >= 0.6 is 0 Å². The predicted octanol–water partition coefficient (Wildman–Crippen LogP) is 3.70. The Morgan fingerprint density at radius 3 is 2.41 bits per heavy atom. The van der Waals surface area contributed by atoms with Gasteiger partial charge in [-0.15, -0.1) is 0 Å². The molecule has 0 unspecified atom stereocenters. The van der Waals surface area contributed by atoms with E-state index in [-0.39, 0.29) is 17.5 Å². The normalized spacial score (nSPS) is 12.5. The highest BCUT2D eigenvalue weighted by molar-refractivity contribution is 7.92. The second kappa shape index (κ2) is 7.17. The average Bonchev–Trinajstić information content (AvgIpc) is 2.29. The summed E-state index contributed by atoms with van der Waals surface area (Å²) < 4.78 is 80.1. The smallest absolute Gasteiger partial charge is 0.389 e. The molecule has 0 fully saturated rings. The van der Waals surface area contributed by atoms with Crippen molar-refractivity contribution >= 4 is 15.7 Å². The Balaban J connectivity index is 2.69. The van der Waals surface area contributed by atoms with Crippen LogP contribution in [0.1, 0.15) is 26.7 Å². The van der Waals surface area contributed by atoms with Gasteiger partial charge in [0, 0.05) is 12.5 Å². The number of anilines is 1. The van der Waals surface area contributed by atoms with Gasteiger partial charge < -0.3 is 4.74 Å². The number of halogens is 4. The number of ether oxygens (including phenoxy) is 1. The monoisotopic (exact) mass is 343 g/mol. The van der Waals surface area contributed by atoms with Crippen LogP contribution in [0.5, 0.6) is 5.75 Å². The van der Waals surface area contributed by atoms with Crippen LogP contribution in [-0.2, 0) is 10.0 Å². The van der Waals surface area contributed by atoms with Crippen molar-refractivity contribution < 1.29 is 30.7 Å². The summed E-state index contributed by atoms with van der Waals surface area (Å²) in [6, 6.07) is 3.54. The SMILES string of the molecule is CC(C)Oc1ccc(NS(=O)(=O)CCCC(F)(F)F)c(F)c1. The first-order valence-electron chi connectivity index (χ1n) is 6.52. The van der Waals surface area contributed by atoms with E-state index in [9.17, 15) is 26.0 Å². The van der Waals surface area contributed by atoms with Crippen LogP contribution in [0.25, 0.3) is 0 Å². The lowest BCUT2D eigenvalue weighted by Crippen LogP contribution is -2.19. The first kappa shape index (κ1) is 18.5. The molecule has 0 aliphatic rings. The van der Waals surface area contributed by atoms with Gasteiger partial charge in [-0.1, -0.05) is 0 Å². The van der Waals surface area contributed by atoms with Gasteiger partial charge in [0.05, 0.1) is 17.5 Å². The fraction of sp³-hybridized carbons (Fsp3) is 0.538. The van der Waals surface area contributed by atoms with Crippen molar-refractivity contribution in [1.82, 2.24) is 0 Å². The summed E-state index contributed by atoms with van der Waals surface area (Å²) in [6.45, 7) is 3.49. The molecule has 22 heavy (non-hydrogen) atoms. The Kier molecular flexibility index (Phi) is 6.04. The molecule has 9 heteroatoms. The average molecular weight is 343 g/mol. The minimum Gasteiger partial charge on any atom is -0.491 e. The van der Waals surface area contributed by atoms with Crippen molar-refractivity contribution in [3.8, 4) is 5.75 Å². The van der Waals surface area contributed by atoms with Crippen molar-refractivity contribution in [2.75, 3.05) is 10.5 Å². The molecule has 0 aromatic heterocycles. The van der Waals surface area contributed by atoms with Crippen LogP contribution in [0, 0.1) is 5.82 Å². The van der Waals surface area contributed by atoms with Crippen LogP contribution in [0.15, 0.2) is 18.2 Å². The van der Waals surface area contributed by atoms with Gasteiger partial charge in [0.25, 0.3) is 0 Å². The van der Waals surface area contributed by atoms with Crippen molar-refractivity contribution in [3.63, 3.8) is 0 Å². The summed E-state index contributed by atoms with van der Waals surface area (Å²) in [6.07, 6.45) is -6.40. The molecule has 1 aromatic carbocycles. The minimum atomic E-state index is -4.42. The molecule has 126 valence electrons. The molecular formula is C13H17F4NO3S. The fourth-order valence-electron chi connectivity index (χ4n) is 1.61. The van der Waals surface area contributed by atoms with Gasteiger partial charge in [-0.25, -0.2) is 12.8 Å². The summed E-state index contributed by atoms with van der Waals surface area (Å²) in [5.41, 5.74) is -0.330. The van der Waals surface area contributed by atoms with E-state index in [4.69, 9.17) is 4.74 Å². The molecule has 0 saturated carbocycles. The third-order valence-electron chi connectivity index (χ3n) is 2.45. The standard InChI is InChI=1S/C13H17F4NO3S/c1-9(2)21-10-4-5-12(11(14)8-10)18-22(19,20)7-3-6-13(15,16)17/h4-5,8-9,18H,3,6-7H2,1-2H3. The van der Waals surface area contributed by atoms with Gasteiger partial charge in [-0.3, -0.25) is 4.72 Å². The van der Waals surface area contributed by atoms with Crippen LogP contribution in [0.2, 0.25) is 0 Å². The predicted molar refractivity (Wildman–Crippen MR) is 74.9 cm³/mol. The molecule has 0 heterocycles. The van der Waals surface area contributed by atoms with E-state index in [2.05, 4.69) is 0 Å². The Morgan fingerprint density at radius 1 is 1.27 bits per heavy atom. The highest BCUT2D eigenvalue weighted by Gasteiger charge is 2.27. The van der Waals surface area contributed by atoms with Crippen LogP contribution in [-0.4, -0.2) is 26.5 Å². The Hall–Kier alpha value is -1.51. The second-order valence-corrected chi connectivity index (χ2v) is 6.79. The van der Waals surface area contributed by atoms with E-state index in [1.807, 2.05) is 4.72 Å². The maximum Gasteiger partial charge on any atom is 0.389 e. The van der Waals surface area contributed by atoms with E-state index in [1.54, 1.807) is 13.8 Å². The van der Waals surface area contributed by atoms with E-state index >= 15 is 0 Å². The molecule has 0 aliphatic carbocycles. The Morgan fingerprint density at radius 2 is 1.91 bits per heavy atom. The quantitative estimate of drug-likeness (QED) is 0.768. The maximum atomic E-state index is 13.8. The summed E-state index contributed by atoms with van der Waals surface area (Å²) in [7, 11) is -4.05. The highest BCUT2D eigenvalue weighted by Crippen LogP contribution is 2.24. The van der Waals surface area contributed by atoms with E-state index in [1.165, 1.54) is 6.07 Å². The van der Waals surface area contributed by atoms with Gasteiger partial charge in [0.2, 0.25) is 10.0 Å². The summed E-state index contributed by atoms with van der Waals surface area (Å²) in [5.74, 6) is -1.37. The molecule has 1 rings (SSSR count). The van der Waals surface area contributed by atoms with E-state index in [0.717, 1.165) is 12.1 Å². The zero-order valence-corrected chi connectivity index (χ0v) is 12.9. The topological polar surface area (TPSA) is 55.4 Å². The number of rotatable bonds is 7. The van der Waals surface area contributed by atoms with Crippen molar-refractivity contribution in [3.05, 3.63) is 24.0 Å². The molecule has 1 N–H and O–H groups in total. The molecular weight excluding hydrogens is 326 g/mol. The number of benzene rings is 1. The van der Waals surface area contributed by atoms with Crippen molar-refractivity contribution in [2.24, 2.45) is 0 Å². The molecule has 0 atom stereocenters. The van der Waals surface area contributed by atoms with Gasteiger partial charge in [0.1, 0.15) is 5.75 Å². The molecule has 0 bridgehead atoms. The molecule has 0 radical (unpaired) electrons. The van der Waals surface area contributed by atoms with E-state index < -0.39 is 40.6 Å². The second-order valence-electron chi connectivity index (χ2n) is 4.95. The summed E-state index contributed by atoms with van der Waals surface area (Å²) in [4.78, 5) is 0. The fourth-order valence-corrected chi connectivity index (χ4v) is 2.73. The molecule has 4 nitrogen and oxygen atoms in total. The third kappa shape index (κ3) is 6.97. The Labute approximate surface area is 126 Å². The lowest BCUT2D eigenvalue weighted by Gasteiger charge is -2.13. The first-order valence-corrected chi connectivity index (χ1v) is 8.17. The van der Waals surface area contributed by atoms with Gasteiger partial charge >= 0.3 is 6.18 Å². The molecule has 0 saturated heterocycles. The summed E-state index contributed by atoms with van der Waals surface area (Å²) in [5, 5.41) is 0. The Bertz CT molecular complexity index is 600. The largest absolute Gasteiger partial charge is 0.491 e. The van der Waals surface area contributed by atoms with Gasteiger partial charge in [0.15, 0.2) is 5.82 Å². The lowest BCUT2D eigenvalue weighted by atomic mass is 10.3. The first-order chi connectivity index (χ1) is 9.98. The number of alkyl halides is 3. The molecule has 0 aliphatic heterocycles. The van der Waals surface area contributed by atoms with Crippen LogP contribution in [0.3, 0.4) is 0 Å². The number of hydrogen-bond donors (Lipinski definition) is 1. The molecule has 0 amide bonds. The van der Waals surface area contributed by atoms with E-state index in [0.29, 0.717) is 0 Å². The number of hydrogen-bond acceptors (Lipinski definition) is 3. The third-order valence-corrected chi connectivity index (χ3v) is 3.81. The van der Waals surface area contributed by atoms with Crippen molar-refractivity contribution in [2.45, 2.75) is 39.0 Å². The maximum absolute atomic E-state index is 13.8. The number of sulfonamides is 1. The lowest BCUT2D eigenvalue weighted by molar-refractivity contribution is -0.134. The van der Waals surface area contributed by atoms with Gasteiger partial charge in [-0.2, -0.15) is 13.2 Å². The van der Waals surface area contributed by atoms with Crippen LogP contribution < -0.4 is 9.46 Å². The molecule has 1 aromatic rings. The minimum absolute atomic E-state index is 0.177.